The number of rotatable bonds is 2. The van der Waals surface area contributed by atoms with E-state index in [0.717, 1.165) is 0 Å². The summed E-state index contributed by atoms with van der Waals surface area (Å²) in [7, 11) is -0.00872. The van der Waals surface area contributed by atoms with Crippen LogP contribution in [0.5, 0.6) is 0 Å². The van der Waals surface area contributed by atoms with Crippen molar-refractivity contribution >= 4 is 7.12 Å². The SMILES string of the molecule is CC1(C)OB([C@]23CC[C@]4(c5ccccc5)C[C@]24C3)OC1(C)C. The van der Waals surface area contributed by atoms with Gasteiger partial charge in [-0.1, -0.05) is 30.3 Å². The second-order valence-electron chi connectivity index (χ2n) is 9.13. The minimum absolute atomic E-state index is 0.00872. The molecule has 2 nitrogen and oxygen atoms in total. The van der Waals surface area contributed by atoms with E-state index in [2.05, 4.69) is 58.0 Å². The highest BCUT2D eigenvalue weighted by atomic mass is 16.7. The van der Waals surface area contributed by atoms with Gasteiger partial charge >= 0.3 is 7.12 Å². The zero-order chi connectivity index (χ0) is 15.4. The second kappa shape index (κ2) is 3.49. The molecule has 1 heterocycles. The van der Waals surface area contributed by atoms with Crippen LogP contribution in [0.3, 0.4) is 0 Å². The molecule has 1 aromatic rings. The maximum Gasteiger partial charge on any atom is 0.465 e. The van der Waals surface area contributed by atoms with E-state index in [1.165, 1.54) is 25.7 Å². The Labute approximate surface area is 133 Å². The smallest absolute Gasteiger partial charge is 0.403 e. The largest absolute Gasteiger partial charge is 0.465 e. The zero-order valence-electron chi connectivity index (χ0n) is 14.1. The lowest BCUT2D eigenvalue weighted by Crippen LogP contribution is -2.41. The van der Waals surface area contributed by atoms with Crippen LogP contribution in [0.2, 0.25) is 5.31 Å². The van der Waals surface area contributed by atoms with Crippen molar-refractivity contribution in [3.63, 3.8) is 0 Å². The molecular formula is C19H25BO2. The Bertz CT molecular complexity index is 631. The van der Waals surface area contributed by atoms with Crippen molar-refractivity contribution in [2.24, 2.45) is 5.41 Å². The minimum atomic E-state index is -0.205. The van der Waals surface area contributed by atoms with Crippen molar-refractivity contribution in [3.05, 3.63) is 35.9 Å². The first-order valence-corrected chi connectivity index (χ1v) is 8.70. The van der Waals surface area contributed by atoms with Gasteiger partial charge in [0.2, 0.25) is 0 Å². The molecule has 0 amide bonds. The molecule has 0 bridgehead atoms. The van der Waals surface area contributed by atoms with Crippen LogP contribution in [0, 0.1) is 5.41 Å². The fourth-order valence-corrected chi connectivity index (χ4v) is 5.72. The third-order valence-corrected chi connectivity index (χ3v) is 7.87. The monoisotopic (exact) mass is 296 g/mol. The van der Waals surface area contributed by atoms with Gasteiger partial charge in [-0.3, -0.25) is 0 Å². The molecule has 1 aliphatic heterocycles. The van der Waals surface area contributed by atoms with Gasteiger partial charge in [0.05, 0.1) is 11.2 Å². The third-order valence-electron chi connectivity index (χ3n) is 7.87. The number of hydrogen-bond donors (Lipinski definition) is 0. The van der Waals surface area contributed by atoms with Crippen molar-refractivity contribution in [1.29, 1.82) is 0 Å². The standard InChI is InChI=1S/C19H25BO2/c1-15(2)16(3,4)22-20(21-15)19-11-10-17(12-18(17,19)13-19)14-8-6-5-7-9-14/h5-9H,10-13H2,1-4H3/t17-,18-,19+/m1/s1. The molecule has 22 heavy (non-hydrogen) atoms. The highest BCUT2D eigenvalue weighted by Gasteiger charge is 2.94. The number of benzene rings is 1. The molecule has 5 rings (SSSR count). The van der Waals surface area contributed by atoms with Crippen LogP contribution in [-0.2, 0) is 14.7 Å². The van der Waals surface area contributed by atoms with Gasteiger partial charge < -0.3 is 9.31 Å². The Morgan fingerprint density at radius 3 is 2.05 bits per heavy atom. The van der Waals surface area contributed by atoms with Crippen molar-refractivity contribution in [2.45, 2.75) is 75.3 Å². The average molecular weight is 296 g/mol. The fourth-order valence-electron chi connectivity index (χ4n) is 5.72. The lowest BCUT2D eigenvalue weighted by Gasteiger charge is -2.32. The molecule has 1 spiro atoms. The van der Waals surface area contributed by atoms with Gasteiger partial charge in [0.15, 0.2) is 0 Å². The predicted octanol–water partition coefficient (Wildman–Crippen LogP) is 4.34. The summed E-state index contributed by atoms with van der Waals surface area (Å²) in [6, 6.07) is 11.2. The van der Waals surface area contributed by atoms with Crippen LogP contribution < -0.4 is 0 Å². The maximum absolute atomic E-state index is 6.44. The van der Waals surface area contributed by atoms with Gasteiger partial charge in [-0.15, -0.1) is 0 Å². The molecule has 1 aromatic carbocycles. The first-order chi connectivity index (χ1) is 10.3. The lowest BCUT2D eigenvalue weighted by atomic mass is 9.65. The molecule has 4 aliphatic rings. The van der Waals surface area contributed by atoms with E-state index in [4.69, 9.17) is 9.31 Å². The summed E-state index contributed by atoms with van der Waals surface area (Å²) < 4.78 is 12.9. The van der Waals surface area contributed by atoms with Crippen LogP contribution in [0.4, 0.5) is 0 Å². The van der Waals surface area contributed by atoms with E-state index in [9.17, 15) is 0 Å². The summed E-state index contributed by atoms with van der Waals surface area (Å²) in [5.74, 6) is 0. The predicted molar refractivity (Wildman–Crippen MR) is 87.8 cm³/mol. The van der Waals surface area contributed by atoms with E-state index in [0.29, 0.717) is 10.8 Å². The Hall–Kier alpha value is -0.795. The van der Waals surface area contributed by atoms with Gasteiger partial charge in [-0.05, 0) is 64.4 Å². The first-order valence-electron chi connectivity index (χ1n) is 8.70. The fraction of sp³-hybridized carbons (Fsp3) is 0.684. The molecule has 0 radical (unpaired) electrons. The summed E-state index contributed by atoms with van der Waals surface area (Å²) in [5.41, 5.74) is 2.04. The lowest BCUT2D eigenvalue weighted by molar-refractivity contribution is 0.00578. The molecule has 116 valence electrons. The van der Waals surface area contributed by atoms with Crippen LogP contribution >= 0.6 is 0 Å². The summed E-state index contributed by atoms with van der Waals surface area (Å²) in [4.78, 5) is 0. The van der Waals surface area contributed by atoms with Gasteiger partial charge in [-0.25, -0.2) is 0 Å². The van der Waals surface area contributed by atoms with Gasteiger partial charge in [0.1, 0.15) is 0 Å². The average Bonchev–Trinajstić information content (AvgIpc) is 3.29. The van der Waals surface area contributed by atoms with Gasteiger partial charge in [-0.2, -0.15) is 0 Å². The van der Waals surface area contributed by atoms with Crippen molar-refractivity contribution < 1.29 is 9.31 Å². The minimum Gasteiger partial charge on any atom is -0.403 e. The molecule has 1 saturated heterocycles. The Morgan fingerprint density at radius 2 is 1.50 bits per heavy atom. The molecule has 4 fully saturated rings. The van der Waals surface area contributed by atoms with Gasteiger partial charge in [0, 0.05) is 10.7 Å². The normalized spacial score (nSPS) is 46.3. The van der Waals surface area contributed by atoms with Gasteiger partial charge in [0.25, 0.3) is 0 Å². The van der Waals surface area contributed by atoms with E-state index in [1.54, 1.807) is 5.56 Å². The third kappa shape index (κ3) is 1.26. The van der Waals surface area contributed by atoms with Crippen molar-refractivity contribution in [1.82, 2.24) is 0 Å². The molecule has 3 heteroatoms. The Kier molecular flexibility index (Phi) is 2.16. The molecular weight excluding hydrogens is 271 g/mol. The topological polar surface area (TPSA) is 18.5 Å². The highest BCUT2D eigenvalue weighted by Crippen LogP contribution is 2.99. The molecule has 3 aliphatic carbocycles. The Balaban J connectivity index is 1.47. The van der Waals surface area contributed by atoms with E-state index >= 15 is 0 Å². The highest BCUT2D eigenvalue weighted by molar-refractivity contribution is 6.52. The summed E-state index contributed by atoms with van der Waals surface area (Å²) in [5, 5.41) is 0.286. The molecule has 0 N–H and O–H groups in total. The molecule has 0 unspecified atom stereocenters. The van der Waals surface area contributed by atoms with E-state index in [1.807, 2.05) is 0 Å². The Morgan fingerprint density at radius 1 is 0.864 bits per heavy atom. The van der Waals surface area contributed by atoms with Crippen molar-refractivity contribution in [2.75, 3.05) is 0 Å². The van der Waals surface area contributed by atoms with Crippen LogP contribution in [-0.4, -0.2) is 18.3 Å². The first kappa shape index (κ1) is 13.6. The van der Waals surface area contributed by atoms with Crippen LogP contribution in [0.1, 0.15) is 58.9 Å². The number of hydrogen-bond acceptors (Lipinski definition) is 2. The van der Waals surface area contributed by atoms with Crippen molar-refractivity contribution in [3.8, 4) is 0 Å². The molecule has 3 atom stereocenters. The molecule has 3 saturated carbocycles. The molecule has 0 aromatic heterocycles. The summed E-state index contributed by atoms with van der Waals surface area (Å²) in [6.45, 7) is 8.69. The van der Waals surface area contributed by atoms with Crippen LogP contribution in [0.15, 0.2) is 30.3 Å². The summed E-state index contributed by atoms with van der Waals surface area (Å²) >= 11 is 0. The second-order valence-corrected chi connectivity index (χ2v) is 9.13. The quantitative estimate of drug-likeness (QED) is 0.756. The van der Waals surface area contributed by atoms with E-state index < -0.39 is 0 Å². The van der Waals surface area contributed by atoms with Crippen LogP contribution in [0.25, 0.3) is 0 Å². The maximum atomic E-state index is 6.44. The summed E-state index contributed by atoms with van der Waals surface area (Å²) in [6.07, 6.45) is 5.21. The van der Waals surface area contributed by atoms with E-state index in [-0.39, 0.29) is 23.6 Å². The zero-order valence-corrected chi connectivity index (χ0v) is 14.1.